The van der Waals surface area contributed by atoms with Crippen LogP contribution in [0.4, 0.5) is 0 Å². The highest BCUT2D eigenvalue weighted by molar-refractivity contribution is 5.74. The number of aliphatic hydroxyl groups is 3. The molecule has 4 N–H and O–H groups in total. The highest BCUT2D eigenvalue weighted by Gasteiger charge is 2.19. The zero-order valence-corrected chi connectivity index (χ0v) is 18.9. The van der Waals surface area contributed by atoms with Crippen molar-refractivity contribution in [1.29, 1.82) is 0 Å². The third kappa shape index (κ3) is 11.8. The maximum atomic E-state index is 12.2. The molecular weight excluding hydrogens is 444 g/mol. The molecule has 1 atom stereocenters. The number of aliphatic carboxylic acids is 1. The lowest BCUT2D eigenvalue weighted by atomic mass is 10.2. The molecule has 2 aromatic rings. The van der Waals surface area contributed by atoms with Crippen LogP contribution in [0.1, 0.15) is 11.1 Å². The summed E-state index contributed by atoms with van der Waals surface area (Å²) < 4.78 is 10.6. The molecule has 0 aliphatic rings. The van der Waals surface area contributed by atoms with Gasteiger partial charge >= 0.3 is 11.9 Å². The van der Waals surface area contributed by atoms with Crippen LogP contribution in [-0.4, -0.2) is 94.0 Å². The molecule has 10 nitrogen and oxygen atoms in total. The number of hydrogen-bond donors (Lipinski definition) is 4. The third-order valence-electron chi connectivity index (χ3n) is 4.81. The van der Waals surface area contributed by atoms with Gasteiger partial charge in [-0.2, -0.15) is 0 Å². The van der Waals surface area contributed by atoms with E-state index in [9.17, 15) is 30.0 Å². The average molecular weight is 477 g/mol. The van der Waals surface area contributed by atoms with Gasteiger partial charge in [-0.05, 0) is 11.1 Å². The van der Waals surface area contributed by atoms with Gasteiger partial charge in [-0.25, -0.2) is 0 Å². The summed E-state index contributed by atoms with van der Waals surface area (Å²) in [6.45, 7) is -0.350. The Morgan fingerprint density at radius 2 is 1.32 bits per heavy atom. The third-order valence-corrected chi connectivity index (χ3v) is 4.81. The van der Waals surface area contributed by atoms with E-state index in [1.165, 1.54) is 9.80 Å². The summed E-state index contributed by atoms with van der Waals surface area (Å²) in [7, 11) is 0. The van der Waals surface area contributed by atoms with E-state index in [-0.39, 0.29) is 45.9 Å². The molecule has 0 radical (unpaired) electrons. The maximum absolute atomic E-state index is 12.2. The Morgan fingerprint density at radius 1 is 0.765 bits per heavy atom. The molecule has 2 aromatic carbocycles. The fraction of sp³-hybridized carbons (Fsp3) is 0.417. The first kappa shape index (κ1) is 27.4. The molecule has 0 amide bonds. The lowest BCUT2D eigenvalue weighted by molar-refractivity contribution is -0.148. The standard InChI is InChI=1S/C24H32N2O8/c27-21(28)13-25(15-23(31)33-17-19-7-3-1-4-8-19)11-12-26(14-22(29)30)16-24(32)34-18-20-9-5-2-6-10-20/h1-10,21,23,27-28,31H,11-18H2,(H,29,30). The summed E-state index contributed by atoms with van der Waals surface area (Å²) >= 11 is 0. The Balaban J connectivity index is 1.85. The summed E-state index contributed by atoms with van der Waals surface area (Å²) in [5, 5.41) is 38.2. The zero-order valence-electron chi connectivity index (χ0n) is 18.9. The van der Waals surface area contributed by atoms with Crippen LogP contribution in [-0.2, 0) is 32.3 Å². The van der Waals surface area contributed by atoms with Gasteiger partial charge in [-0.3, -0.25) is 19.4 Å². The first-order valence-electron chi connectivity index (χ1n) is 10.9. The van der Waals surface area contributed by atoms with Crippen molar-refractivity contribution in [3.63, 3.8) is 0 Å². The number of nitrogens with zero attached hydrogens (tertiary/aromatic N) is 2. The van der Waals surface area contributed by atoms with Gasteiger partial charge in [0.1, 0.15) is 6.61 Å². The van der Waals surface area contributed by atoms with Crippen LogP contribution >= 0.6 is 0 Å². The van der Waals surface area contributed by atoms with Gasteiger partial charge in [0.25, 0.3) is 0 Å². The number of esters is 1. The van der Waals surface area contributed by atoms with Crippen LogP contribution in [0, 0.1) is 0 Å². The molecule has 0 aliphatic heterocycles. The molecule has 0 fully saturated rings. The Hall–Kier alpha value is -2.86. The minimum Gasteiger partial charge on any atom is -0.480 e. The van der Waals surface area contributed by atoms with E-state index in [1.807, 2.05) is 60.7 Å². The predicted molar refractivity (Wildman–Crippen MR) is 122 cm³/mol. The number of carboxylic acid groups (broad SMARTS) is 1. The molecule has 186 valence electrons. The molecule has 2 rings (SSSR count). The summed E-state index contributed by atoms with van der Waals surface area (Å²) in [5.74, 6) is -1.69. The van der Waals surface area contributed by atoms with E-state index in [1.54, 1.807) is 0 Å². The number of carbonyl (C=O) groups excluding carboxylic acids is 1. The van der Waals surface area contributed by atoms with Crippen molar-refractivity contribution in [2.24, 2.45) is 0 Å². The molecule has 0 heterocycles. The Labute approximate surface area is 198 Å². The molecule has 0 saturated carbocycles. The van der Waals surface area contributed by atoms with Gasteiger partial charge in [-0.15, -0.1) is 0 Å². The molecule has 0 saturated heterocycles. The van der Waals surface area contributed by atoms with E-state index >= 15 is 0 Å². The number of carbonyl (C=O) groups is 2. The Bertz CT molecular complexity index is 851. The quantitative estimate of drug-likeness (QED) is 0.197. The van der Waals surface area contributed by atoms with Crippen LogP contribution < -0.4 is 0 Å². The second-order valence-corrected chi connectivity index (χ2v) is 7.74. The molecule has 0 spiro atoms. The smallest absolute Gasteiger partial charge is 0.320 e. The number of hydrogen-bond acceptors (Lipinski definition) is 9. The number of aliphatic hydroxyl groups excluding tert-OH is 2. The Morgan fingerprint density at radius 3 is 1.88 bits per heavy atom. The molecular formula is C24H32N2O8. The number of carboxylic acids is 1. The monoisotopic (exact) mass is 476 g/mol. The summed E-state index contributed by atoms with van der Waals surface area (Å²) in [6, 6.07) is 18.4. The van der Waals surface area contributed by atoms with Gasteiger partial charge in [0.15, 0.2) is 12.6 Å². The van der Waals surface area contributed by atoms with E-state index in [2.05, 4.69) is 0 Å². The first-order valence-corrected chi connectivity index (χ1v) is 10.9. The SMILES string of the molecule is O=C(O)CN(CCN(CC(O)O)CC(O)OCc1ccccc1)CC(=O)OCc1ccccc1. The number of rotatable bonds is 16. The largest absolute Gasteiger partial charge is 0.480 e. The van der Waals surface area contributed by atoms with Crippen molar-refractivity contribution < 1.29 is 39.5 Å². The maximum Gasteiger partial charge on any atom is 0.320 e. The van der Waals surface area contributed by atoms with Gasteiger partial charge in [0.2, 0.25) is 0 Å². The van der Waals surface area contributed by atoms with Crippen LogP contribution in [0.25, 0.3) is 0 Å². The fourth-order valence-electron chi connectivity index (χ4n) is 3.18. The molecule has 1 unspecified atom stereocenters. The summed E-state index contributed by atoms with van der Waals surface area (Å²) in [4.78, 5) is 26.4. The molecule has 0 aromatic heterocycles. The van der Waals surface area contributed by atoms with E-state index in [4.69, 9.17) is 9.47 Å². The minimum atomic E-state index is -1.66. The lowest BCUT2D eigenvalue weighted by Crippen LogP contribution is -2.45. The lowest BCUT2D eigenvalue weighted by Gasteiger charge is -2.28. The number of benzene rings is 2. The van der Waals surface area contributed by atoms with E-state index in [0.717, 1.165) is 11.1 Å². The highest BCUT2D eigenvalue weighted by Crippen LogP contribution is 2.05. The van der Waals surface area contributed by atoms with Gasteiger partial charge < -0.3 is 29.9 Å². The van der Waals surface area contributed by atoms with Crippen molar-refractivity contribution >= 4 is 11.9 Å². The van der Waals surface area contributed by atoms with Crippen LogP contribution in [0.2, 0.25) is 0 Å². The summed E-state index contributed by atoms with van der Waals surface area (Å²) in [5.41, 5.74) is 1.69. The molecule has 34 heavy (non-hydrogen) atoms. The van der Waals surface area contributed by atoms with Crippen molar-refractivity contribution in [1.82, 2.24) is 9.80 Å². The minimum absolute atomic E-state index is 0.0379. The first-order chi connectivity index (χ1) is 16.3. The average Bonchev–Trinajstić information content (AvgIpc) is 2.80. The molecule has 0 bridgehead atoms. The van der Waals surface area contributed by atoms with Gasteiger partial charge in [-0.1, -0.05) is 60.7 Å². The van der Waals surface area contributed by atoms with Crippen LogP contribution in [0.15, 0.2) is 60.7 Å². The van der Waals surface area contributed by atoms with Crippen molar-refractivity contribution in [2.75, 3.05) is 39.3 Å². The topological polar surface area (TPSA) is 140 Å². The van der Waals surface area contributed by atoms with Crippen molar-refractivity contribution in [3.8, 4) is 0 Å². The van der Waals surface area contributed by atoms with Gasteiger partial charge in [0, 0.05) is 26.2 Å². The van der Waals surface area contributed by atoms with Gasteiger partial charge in [0.05, 0.1) is 19.7 Å². The normalized spacial score (nSPS) is 12.3. The molecule has 10 heteroatoms. The van der Waals surface area contributed by atoms with E-state index < -0.39 is 31.1 Å². The predicted octanol–water partition coefficient (Wildman–Crippen LogP) is 0.264. The molecule has 0 aliphatic carbocycles. The summed E-state index contributed by atoms with van der Waals surface area (Å²) in [6.07, 6.45) is -2.87. The fourth-order valence-corrected chi connectivity index (χ4v) is 3.18. The van der Waals surface area contributed by atoms with Crippen LogP contribution in [0.3, 0.4) is 0 Å². The van der Waals surface area contributed by atoms with E-state index in [0.29, 0.717) is 0 Å². The second-order valence-electron chi connectivity index (χ2n) is 7.74. The highest BCUT2D eigenvalue weighted by atomic mass is 16.6. The number of ether oxygens (including phenoxy) is 2. The second kappa shape index (κ2) is 15.1. The Kier molecular flexibility index (Phi) is 12.2. The van der Waals surface area contributed by atoms with Crippen molar-refractivity contribution in [3.05, 3.63) is 71.8 Å². The zero-order chi connectivity index (χ0) is 24.8. The van der Waals surface area contributed by atoms with Crippen molar-refractivity contribution in [2.45, 2.75) is 25.8 Å². The van der Waals surface area contributed by atoms with Crippen LogP contribution in [0.5, 0.6) is 0 Å².